The maximum atomic E-state index is 5.86. The standard InChI is InChI=1S/C21H26N2O2S/c1-4-23(5-2)13-14-25-17-9-7-16(8-10-17)21-22-19-12-11-18(24-6-3)15-20(19)26-21/h7-12,15H,4-6,13-14H2,1-3H3. The summed E-state index contributed by atoms with van der Waals surface area (Å²) in [5.41, 5.74) is 2.12. The van der Waals surface area contributed by atoms with Crippen LogP contribution in [-0.2, 0) is 0 Å². The third kappa shape index (κ3) is 4.54. The van der Waals surface area contributed by atoms with Gasteiger partial charge in [-0.3, -0.25) is 0 Å². The van der Waals surface area contributed by atoms with Crippen LogP contribution in [0.5, 0.6) is 11.5 Å². The molecule has 0 bridgehead atoms. The molecule has 0 radical (unpaired) electrons. The molecule has 3 aromatic rings. The van der Waals surface area contributed by atoms with E-state index in [1.807, 2.05) is 31.2 Å². The molecule has 4 nitrogen and oxygen atoms in total. The zero-order valence-corrected chi connectivity index (χ0v) is 16.5. The van der Waals surface area contributed by atoms with Gasteiger partial charge in [-0.1, -0.05) is 13.8 Å². The lowest BCUT2D eigenvalue weighted by atomic mass is 10.2. The molecule has 1 heterocycles. The van der Waals surface area contributed by atoms with Crippen LogP contribution in [0.15, 0.2) is 42.5 Å². The fourth-order valence-corrected chi connectivity index (χ4v) is 3.81. The van der Waals surface area contributed by atoms with E-state index in [1.54, 1.807) is 11.3 Å². The minimum atomic E-state index is 0.674. The molecule has 26 heavy (non-hydrogen) atoms. The van der Waals surface area contributed by atoms with Crippen molar-refractivity contribution < 1.29 is 9.47 Å². The monoisotopic (exact) mass is 370 g/mol. The Morgan fingerprint density at radius 3 is 2.35 bits per heavy atom. The fraction of sp³-hybridized carbons (Fsp3) is 0.381. The summed E-state index contributed by atoms with van der Waals surface area (Å²) in [6, 6.07) is 14.3. The van der Waals surface area contributed by atoms with Crippen LogP contribution in [0.2, 0.25) is 0 Å². The van der Waals surface area contributed by atoms with Crippen molar-refractivity contribution in [1.82, 2.24) is 9.88 Å². The summed E-state index contributed by atoms with van der Waals surface area (Å²) in [5, 5.41) is 1.02. The van der Waals surface area contributed by atoms with Crippen molar-refractivity contribution in [2.24, 2.45) is 0 Å². The number of ether oxygens (including phenoxy) is 2. The van der Waals surface area contributed by atoms with Crippen molar-refractivity contribution in [3.63, 3.8) is 0 Å². The highest BCUT2D eigenvalue weighted by Gasteiger charge is 2.08. The number of fused-ring (bicyclic) bond motifs is 1. The van der Waals surface area contributed by atoms with E-state index in [0.717, 1.165) is 51.9 Å². The van der Waals surface area contributed by atoms with Gasteiger partial charge in [0, 0.05) is 12.1 Å². The zero-order chi connectivity index (χ0) is 18.4. The first-order valence-corrected chi connectivity index (χ1v) is 10.0. The van der Waals surface area contributed by atoms with Gasteiger partial charge in [-0.25, -0.2) is 4.98 Å². The molecule has 138 valence electrons. The van der Waals surface area contributed by atoms with E-state index in [0.29, 0.717) is 13.2 Å². The van der Waals surface area contributed by atoms with E-state index >= 15 is 0 Å². The first-order valence-electron chi connectivity index (χ1n) is 9.22. The second kappa shape index (κ2) is 9.01. The van der Waals surface area contributed by atoms with E-state index in [4.69, 9.17) is 14.5 Å². The Kier molecular flexibility index (Phi) is 6.47. The van der Waals surface area contributed by atoms with Gasteiger partial charge in [0.15, 0.2) is 0 Å². The van der Waals surface area contributed by atoms with Crippen molar-refractivity contribution in [2.45, 2.75) is 20.8 Å². The highest BCUT2D eigenvalue weighted by molar-refractivity contribution is 7.21. The van der Waals surface area contributed by atoms with Crippen molar-refractivity contribution in [3.8, 4) is 22.1 Å². The molecule has 0 fully saturated rings. The molecule has 0 aliphatic heterocycles. The Labute approximate surface area is 159 Å². The highest BCUT2D eigenvalue weighted by atomic mass is 32.1. The molecule has 0 atom stereocenters. The van der Waals surface area contributed by atoms with Gasteiger partial charge in [0.05, 0.1) is 16.8 Å². The van der Waals surface area contributed by atoms with Gasteiger partial charge < -0.3 is 14.4 Å². The van der Waals surface area contributed by atoms with Crippen molar-refractivity contribution in [2.75, 3.05) is 32.8 Å². The summed E-state index contributed by atoms with van der Waals surface area (Å²) < 4.78 is 12.6. The summed E-state index contributed by atoms with van der Waals surface area (Å²) >= 11 is 1.69. The molecule has 0 aliphatic rings. The van der Waals surface area contributed by atoms with Gasteiger partial charge in [0.25, 0.3) is 0 Å². The maximum absolute atomic E-state index is 5.86. The van der Waals surface area contributed by atoms with Crippen molar-refractivity contribution >= 4 is 21.6 Å². The van der Waals surface area contributed by atoms with Crippen LogP contribution in [0.1, 0.15) is 20.8 Å². The number of aromatic nitrogens is 1. The number of thiazole rings is 1. The topological polar surface area (TPSA) is 34.6 Å². The van der Waals surface area contributed by atoms with Gasteiger partial charge in [0.2, 0.25) is 0 Å². The van der Waals surface area contributed by atoms with Crippen LogP contribution in [0, 0.1) is 0 Å². The average molecular weight is 371 g/mol. The Bertz CT molecular complexity index is 826. The third-order valence-electron chi connectivity index (χ3n) is 4.34. The summed E-state index contributed by atoms with van der Waals surface area (Å²) in [5.74, 6) is 1.80. The van der Waals surface area contributed by atoms with Crippen LogP contribution in [0.3, 0.4) is 0 Å². The minimum Gasteiger partial charge on any atom is -0.494 e. The first-order chi connectivity index (χ1) is 12.7. The molecule has 0 saturated carbocycles. The summed E-state index contributed by atoms with van der Waals surface area (Å²) in [6.45, 7) is 10.8. The Morgan fingerprint density at radius 1 is 0.923 bits per heavy atom. The van der Waals surface area contributed by atoms with E-state index in [1.165, 1.54) is 0 Å². The van der Waals surface area contributed by atoms with Crippen LogP contribution < -0.4 is 9.47 Å². The molecule has 0 unspecified atom stereocenters. The van der Waals surface area contributed by atoms with Crippen LogP contribution in [0.4, 0.5) is 0 Å². The number of hydrogen-bond acceptors (Lipinski definition) is 5. The molecular formula is C21H26N2O2S. The lowest BCUT2D eigenvalue weighted by molar-refractivity contribution is 0.223. The van der Waals surface area contributed by atoms with Crippen molar-refractivity contribution in [1.29, 1.82) is 0 Å². The second-order valence-electron chi connectivity index (χ2n) is 5.98. The SMILES string of the molecule is CCOc1ccc2nc(-c3ccc(OCCN(CC)CC)cc3)sc2c1. The van der Waals surface area contributed by atoms with Crippen molar-refractivity contribution in [3.05, 3.63) is 42.5 Å². The quantitative estimate of drug-likeness (QED) is 0.526. The maximum Gasteiger partial charge on any atom is 0.124 e. The summed E-state index contributed by atoms with van der Waals surface area (Å²) in [7, 11) is 0. The molecule has 0 saturated heterocycles. The van der Waals surface area contributed by atoms with E-state index in [2.05, 4.69) is 36.9 Å². The number of nitrogens with zero attached hydrogens (tertiary/aromatic N) is 2. The molecule has 0 aliphatic carbocycles. The first kappa shape index (κ1) is 18.7. The predicted octanol–water partition coefficient (Wildman–Crippen LogP) is 5.08. The molecule has 1 aromatic heterocycles. The van der Waals surface area contributed by atoms with E-state index in [-0.39, 0.29) is 0 Å². The lowest BCUT2D eigenvalue weighted by Crippen LogP contribution is -2.27. The van der Waals surface area contributed by atoms with Crippen LogP contribution >= 0.6 is 11.3 Å². The van der Waals surface area contributed by atoms with E-state index in [9.17, 15) is 0 Å². The summed E-state index contributed by atoms with van der Waals surface area (Å²) in [6.07, 6.45) is 0. The zero-order valence-electron chi connectivity index (χ0n) is 15.7. The molecule has 0 spiro atoms. The molecular weight excluding hydrogens is 344 g/mol. The smallest absolute Gasteiger partial charge is 0.124 e. The number of hydrogen-bond donors (Lipinski definition) is 0. The van der Waals surface area contributed by atoms with Gasteiger partial charge in [0.1, 0.15) is 23.1 Å². The number of benzene rings is 2. The van der Waals surface area contributed by atoms with Gasteiger partial charge in [-0.2, -0.15) is 0 Å². The molecule has 0 N–H and O–H groups in total. The van der Waals surface area contributed by atoms with E-state index < -0.39 is 0 Å². The Morgan fingerprint density at radius 2 is 1.65 bits per heavy atom. The van der Waals surface area contributed by atoms with Crippen LogP contribution in [0.25, 0.3) is 20.8 Å². The largest absolute Gasteiger partial charge is 0.494 e. The molecule has 0 amide bonds. The van der Waals surface area contributed by atoms with Gasteiger partial charge in [-0.15, -0.1) is 11.3 Å². The molecule has 5 heteroatoms. The van der Waals surface area contributed by atoms with Gasteiger partial charge >= 0.3 is 0 Å². The third-order valence-corrected chi connectivity index (χ3v) is 5.41. The van der Waals surface area contributed by atoms with Crippen LogP contribution in [-0.4, -0.2) is 42.7 Å². The number of rotatable bonds is 9. The fourth-order valence-electron chi connectivity index (χ4n) is 2.81. The highest BCUT2D eigenvalue weighted by Crippen LogP contribution is 2.33. The molecule has 3 rings (SSSR count). The Hall–Kier alpha value is -2.11. The lowest BCUT2D eigenvalue weighted by Gasteiger charge is -2.18. The number of likely N-dealkylation sites (N-methyl/N-ethyl adjacent to an activating group) is 1. The van der Waals surface area contributed by atoms with Gasteiger partial charge in [-0.05, 0) is 62.5 Å². The molecule has 2 aromatic carbocycles. The minimum absolute atomic E-state index is 0.674. The average Bonchev–Trinajstić information content (AvgIpc) is 3.09. The second-order valence-corrected chi connectivity index (χ2v) is 7.01. The normalized spacial score (nSPS) is 11.2. The predicted molar refractivity (Wildman–Crippen MR) is 110 cm³/mol. The summed E-state index contributed by atoms with van der Waals surface area (Å²) in [4.78, 5) is 7.09. The Balaban J connectivity index is 1.67.